The highest BCUT2D eigenvalue weighted by molar-refractivity contribution is 6.02. The van der Waals surface area contributed by atoms with E-state index in [1.54, 1.807) is 12.1 Å². The molecule has 1 heterocycles. The van der Waals surface area contributed by atoms with Gasteiger partial charge in [-0.1, -0.05) is 42.5 Å². The SMILES string of the molecule is CCN(CC)C(=O)c1ccccc1-c1ccc(C[C@H](CC(=O)C2CCC(CNC(=O)OC(C)(C)C)CC2)C(=O)Nc2ccc(C3=NCN=N3)cc2)cc1. The summed E-state index contributed by atoms with van der Waals surface area (Å²) in [5.74, 6) is -0.0361. The van der Waals surface area contributed by atoms with E-state index in [2.05, 4.69) is 25.9 Å². The lowest BCUT2D eigenvalue weighted by Crippen LogP contribution is -2.37. The summed E-state index contributed by atoms with van der Waals surface area (Å²) in [6.07, 6.45) is 3.15. The van der Waals surface area contributed by atoms with Gasteiger partial charge >= 0.3 is 6.09 Å². The number of ether oxygens (including phenoxy) is 1. The molecule has 5 rings (SSSR count). The third-order valence-corrected chi connectivity index (χ3v) is 9.87. The van der Waals surface area contributed by atoms with Gasteiger partial charge in [0.25, 0.3) is 5.91 Å². The molecule has 1 saturated carbocycles. The predicted molar refractivity (Wildman–Crippen MR) is 207 cm³/mol. The number of nitrogens with one attached hydrogen (secondary N) is 2. The number of carbonyl (C=O) groups excluding carboxylic acids is 4. The maximum Gasteiger partial charge on any atom is 0.407 e. The van der Waals surface area contributed by atoms with Crippen LogP contribution < -0.4 is 10.6 Å². The van der Waals surface area contributed by atoms with Gasteiger partial charge in [-0.15, -0.1) is 5.11 Å². The molecule has 53 heavy (non-hydrogen) atoms. The molecule has 0 bridgehead atoms. The number of amides is 3. The maximum absolute atomic E-state index is 13.9. The Balaban J connectivity index is 1.27. The fourth-order valence-corrected chi connectivity index (χ4v) is 6.93. The van der Waals surface area contributed by atoms with E-state index < -0.39 is 17.6 Å². The second-order valence-electron chi connectivity index (χ2n) is 14.8. The number of benzene rings is 3. The average molecular weight is 721 g/mol. The topological polar surface area (TPSA) is 142 Å². The van der Waals surface area contributed by atoms with Crippen LogP contribution in [0.5, 0.6) is 0 Å². The van der Waals surface area contributed by atoms with Crippen molar-refractivity contribution in [1.29, 1.82) is 0 Å². The molecule has 0 spiro atoms. The molecule has 3 amide bonds. The van der Waals surface area contributed by atoms with E-state index in [-0.39, 0.29) is 35.9 Å². The Morgan fingerprint density at radius 2 is 1.53 bits per heavy atom. The van der Waals surface area contributed by atoms with E-state index in [1.807, 2.05) is 100 Å². The van der Waals surface area contributed by atoms with E-state index in [4.69, 9.17) is 4.74 Å². The molecule has 0 saturated heterocycles. The fraction of sp³-hybridized carbons (Fsp3) is 0.452. The molecule has 2 aliphatic rings. The Hall–Kier alpha value is -5.19. The Labute approximate surface area is 312 Å². The Kier molecular flexibility index (Phi) is 13.3. The van der Waals surface area contributed by atoms with Gasteiger partial charge in [0.05, 0.1) is 0 Å². The van der Waals surface area contributed by atoms with Crippen molar-refractivity contribution in [2.24, 2.45) is 33.0 Å². The number of anilines is 1. The van der Waals surface area contributed by atoms with Crippen LogP contribution in [0.4, 0.5) is 10.5 Å². The number of amidine groups is 1. The summed E-state index contributed by atoms with van der Waals surface area (Å²) in [7, 11) is 0. The molecule has 1 atom stereocenters. The lowest BCUT2D eigenvalue weighted by atomic mass is 9.77. The van der Waals surface area contributed by atoms with Crippen molar-refractivity contribution in [3.8, 4) is 11.1 Å². The van der Waals surface area contributed by atoms with Crippen LogP contribution >= 0.6 is 0 Å². The standard InChI is InChI=1S/C42H52N6O5/c1-6-48(7-2)40(51)36-11-9-8-10-35(36)30-16-12-28(13-17-30)24-33(39(50)46-34-22-20-32(21-23-34)38-44-27-45-47-38)25-37(49)31-18-14-29(15-19-31)26-43-41(52)53-42(3,4)5/h8-13,16-17,20-23,29,31,33H,6-7,14-15,18-19,24-27H2,1-5H3,(H,43,52)(H,46,50)/t29?,31?,33-/m1/s1. The van der Waals surface area contributed by atoms with Crippen molar-refractivity contribution in [3.05, 3.63) is 89.5 Å². The summed E-state index contributed by atoms with van der Waals surface area (Å²) < 4.78 is 5.36. The number of rotatable bonds is 14. The lowest BCUT2D eigenvalue weighted by Gasteiger charge is -2.29. The molecule has 1 fully saturated rings. The zero-order valence-electron chi connectivity index (χ0n) is 31.6. The Bertz CT molecular complexity index is 1800. The summed E-state index contributed by atoms with van der Waals surface area (Å²) in [6.45, 7) is 11.5. The van der Waals surface area contributed by atoms with E-state index in [1.165, 1.54) is 0 Å². The van der Waals surface area contributed by atoms with Crippen LogP contribution in [0.3, 0.4) is 0 Å². The number of alkyl carbamates (subject to hydrolysis) is 1. The van der Waals surface area contributed by atoms with Gasteiger partial charge in [-0.3, -0.25) is 14.4 Å². The van der Waals surface area contributed by atoms with Crippen LogP contribution in [-0.4, -0.2) is 66.3 Å². The van der Waals surface area contributed by atoms with Crippen LogP contribution in [0.2, 0.25) is 0 Å². The first-order valence-corrected chi connectivity index (χ1v) is 18.7. The largest absolute Gasteiger partial charge is 0.444 e. The maximum atomic E-state index is 13.9. The average Bonchev–Trinajstić information content (AvgIpc) is 3.70. The second-order valence-corrected chi connectivity index (χ2v) is 14.8. The molecular formula is C42H52N6O5. The Morgan fingerprint density at radius 3 is 2.15 bits per heavy atom. The first-order chi connectivity index (χ1) is 25.4. The zero-order valence-corrected chi connectivity index (χ0v) is 31.6. The third kappa shape index (κ3) is 10.9. The summed E-state index contributed by atoms with van der Waals surface area (Å²) in [5, 5.41) is 13.9. The first-order valence-electron chi connectivity index (χ1n) is 18.7. The van der Waals surface area contributed by atoms with Crippen LogP contribution in [0.25, 0.3) is 11.1 Å². The number of Topliss-reactive ketones (excluding diaryl/α,β-unsaturated/α-hetero) is 1. The molecule has 11 nitrogen and oxygen atoms in total. The van der Waals surface area contributed by atoms with Crippen molar-refractivity contribution in [1.82, 2.24) is 10.2 Å². The van der Waals surface area contributed by atoms with Crippen LogP contribution in [0.15, 0.2) is 88.0 Å². The minimum Gasteiger partial charge on any atom is -0.444 e. The normalized spacial score (nSPS) is 17.4. The van der Waals surface area contributed by atoms with E-state index in [9.17, 15) is 19.2 Å². The zero-order chi connectivity index (χ0) is 38.0. The molecule has 11 heteroatoms. The Morgan fingerprint density at radius 1 is 0.868 bits per heavy atom. The van der Waals surface area contributed by atoms with E-state index in [0.29, 0.717) is 49.8 Å². The van der Waals surface area contributed by atoms with E-state index >= 15 is 0 Å². The number of nitrogens with zero attached hydrogens (tertiary/aromatic N) is 4. The molecule has 1 aliphatic heterocycles. The summed E-state index contributed by atoms with van der Waals surface area (Å²) in [6, 6.07) is 22.8. The van der Waals surface area contributed by atoms with Gasteiger partial charge in [0.2, 0.25) is 5.91 Å². The quantitative estimate of drug-likeness (QED) is 0.173. The molecule has 0 aromatic heterocycles. The first kappa shape index (κ1) is 39.0. The fourth-order valence-electron chi connectivity index (χ4n) is 6.93. The van der Waals surface area contributed by atoms with E-state index in [0.717, 1.165) is 47.9 Å². The molecule has 0 unspecified atom stereocenters. The van der Waals surface area contributed by atoms with Gasteiger partial charge in [0.1, 0.15) is 11.4 Å². The van der Waals surface area contributed by atoms with Crippen molar-refractivity contribution in [3.63, 3.8) is 0 Å². The number of ketones is 1. The monoisotopic (exact) mass is 720 g/mol. The molecule has 3 aromatic carbocycles. The molecule has 3 aromatic rings. The van der Waals surface area contributed by atoms with Crippen LogP contribution in [0, 0.1) is 17.8 Å². The smallest absolute Gasteiger partial charge is 0.407 e. The highest BCUT2D eigenvalue weighted by Gasteiger charge is 2.31. The highest BCUT2D eigenvalue weighted by Crippen LogP contribution is 2.32. The summed E-state index contributed by atoms with van der Waals surface area (Å²) >= 11 is 0. The van der Waals surface area contributed by atoms with Crippen molar-refractivity contribution < 1.29 is 23.9 Å². The highest BCUT2D eigenvalue weighted by atomic mass is 16.6. The number of hydrogen-bond acceptors (Lipinski definition) is 8. The van der Waals surface area contributed by atoms with Crippen LogP contribution in [-0.2, 0) is 20.7 Å². The minimum atomic E-state index is -0.593. The van der Waals surface area contributed by atoms with Gasteiger partial charge in [-0.05, 0) is 120 Å². The summed E-state index contributed by atoms with van der Waals surface area (Å²) in [5.41, 5.74) is 4.21. The van der Waals surface area contributed by atoms with Gasteiger partial charge in [0.15, 0.2) is 12.5 Å². The number of hydrogen-bond donors (Lipinski definition) is 2. The van der Waals surface area contributed by atoms with Gasteiger partial charge < -0.3 is 20.3 Å². The minimum absolute atomic E-state index is 0.00748. The molecular weight excluding hydrogens is 668 g/mol. The number of aliphatic imine (C=N–C) groups is 1. The van der Waals surface area contributed by atoms with Crippen LogP contribution in [0.1, 0.15) is 88.2 Å². The molecule has 1 aliphatic carbocycles. The molecule has 280 valence electrons. The van der Waals surface area contributed by atoms with Crippen molar-refractivity contribution in [2.75, 3.05) is 31.6 Å². The predicted octanol–water partition coefficient (Wildman–Crippen LogP) is 8.09. The van der Waals surface area contributed by atoms with Crippen molar-refractivity contribution in [2.45, 2.75) is 78.7 Å². The summed E-state index contributed by atoms with van der Waals surface area (Å²) in [4.78, 5) is 59.2. The van der Waals surface area contributed by atoms with Gasteiger partial charge in [-0.2, -0.15) is 5.11 Å². The third-order valence-electron chi connectivity index (χ3n) is 9.87. The van der Waals surface area contributed by atoms with Crippen molar-refractivity contribution >= 4 is 35.2 Å². The second kappa shape index (κ2) is 18.0. The lowest BCUT2D eigenvalue weighted by molar-refractivity contribution is -0.129. The molecule has 0 radical (unpaired) electrons. The number of carbonyl (C=O) groups is 4. The van der Waals surface area contributed by atoms with Gasteiger partial charge in [-0.25, -0.2) is 9.79 Å². The number of azo groups is 1. The molecule has 2 N–H and O–H groups in total. The van der Waals surface area contributed by atoms with Gasteiger partial charge in [0, 0.05) is 54.7 Å².